The van der Waals surface area contributed by atoms with Crippen LogP contribution < -0.4 is 10.1 Å². The molecule has 0 radical (unpaired) electrons. The molecule has 6 nitrogen and oxygen atoms in total. The number of hydrogen-bond acceptors (Lipinski definition) is 4. The van der Waals surface area contributed by atoms with Crippen molar-refractivity contribution in [3.05, 3.63) is 41.5 Å². The van der Waals surface area contributed by atoms with Crippen LogP contribution in [0.4, 0.5) is 8.78 Å². The van der Waals surface area contributed by atoms with E-state index in [0.717, 1.165) is 49.6 Å². The van der Waals surface area contributed by atoms with Crippen LogP contribution in [-0.4, -0.2) is 26.8 Å². The largest absolute Gasteiger partial charge is 0.481 e. The Kier molecular flexibility index (Phi) is 4.96. The Labute approximate surface area is 144 Å². The number of halogens is 2. The van der Waals surface area contributed by atoms with Crippen molar-refractivity contribution in [2.24, 2.45) is 0 Å². The highest BCUT2D eigenvalue weighted by Gasteiger charge is 2.27. The van der Waals surface area contributed by atoms with Crippen LogP contribution in [0.2, 0.25) is 0 Å². The fourth-order valence-electron chi connectivity index (χ4n) is 2.78. The molecule has 2 atom stereocenters. The molecular formula is C17H20F2N4O2. The Morgan fingerprint density at radius 2 is 2.24 bits per heavy atom. The summed E-state index contributed by atoms with van der Waals surface area (Å²) in [6.07, 6.45) is 1.54. The molecule has 0 bridgehead atoms. The lowest BCUT2D eigenvalue weighted by atomic mass is 10.1. The van der Waals surface area contributed by atoms with Gasteiger partial charge in [0.05, 0.1) is 6.04 Å². The summed E-state index contributed by atoms with van der Waals surface area (Å²) in [4.78, 5) is 16.9. The van der Waals surface area contributed by atoms with Gasteiger partial charge in [0.1, 0.15) is 11.6 Å². The summed E-state index contributed by atoms with van der Waals surface area (Å²) in [5.74, 6) is -0.722. The van der Waals surface area contributed by atoms with Gasteiger partial charge < -0.3 is 10.1 Å². The molecule has 1 aliphatic rings. The van der Waals surface area contributed by atoms with Crippen LogP contribution in [0.1, 0.15) is 44.4 Å². The first-order chi connectivity index (χ1) is 12.0. The standard InChI is InChI=1S/C17H20F2N4O2/c1-3-15-21-16-14(5-4-8-23(16)22-15)20-17(24)10(2)25-11-6-7-12(18)13(19)9-11/h6-7,9-10,14H,3-5,8H2,1-2H3,(H,20,24)/t10-,14-/m1/s1. The number of hydrogen-bond donors (Lipinski definition) is 1. The zero-order valence-corrected chi connectivity index (χ0v) is 14.1. The molecular weight excluding hydrogens is 330 g/mol. The Hall–Kier alpha value is -2.51. The lowest BCUT2D eigenvalue weighted by Gasteiger charge is -2.24. The number of aromatic nitrogens is 3. The van der Waals surface area contributed by atoms with Crippen LogP contribution in [0.5, 0.6) is 5.75 Å². The van der Waals surface area contributed by atoms with Crippen LogP contribution in [0, 0.1) is 11.6 Å². The van der Waals surface area contributed by atoms with E-state index in [-0.39, 0.29) is 17.7 Å². The van der Waals surface area contributed by atoms with Gasteiger partial charge in [0, 0.05) is 19.0 Å². The number of rotatable bonds is 5. The molecule has 0 spiro atoms. The molecule has 1 aromatic heterocycles. The summed E-state index contributed by atoms with van der Waals surface area (Å²) >= 11 is 0. The molecule has 1 aliphatic heterocycles. The second-order valence-corrected chi connectivity index (χ2v) is 6.00. The number of aryl methyl sites for hydroxylation is 2. The number of carbonyl (C=O) groups is 1. The normalized spacial score (nSPS) is 17.7. The zero-order valence-electron chi connectivity index (χ0n) is 14.1. The predicted molar refractivity (Wildman–Crippen MR) is 86.0 cm³/mol. The Balaban J connectivity index is 1.66. The van der Waals surface area contributed by atoms with Crippen LogP contribution in [-0.2, 0) is 17.8 Å². The van der Waals surface area contributed by atoms with Gasteiger partial charge in [0.15, 0.2) is 23.6 Å². The number of fused-ring (bicyclic) bond motifs is 1. The van der Waals surface area contributed by atoms with Gasteiger partial charge in [-0.3, -0.25) is 4.79 Å². The smallest absolute Gasteiger partial charge is 0.261 e. The highest BCUT2D eigenvalue weighted by atomic mass is 19.2. The topological polar surface area (TPSA) is 69.0 Å². The summed E-state index contributed by atoms with van der Waals surface area (Å²) in [7, 11) is 0. The third-order valence-corrected chi connectivity index (χ3v) is 4.12. The Morgan fingerprint density at radius 1 is 1.44 bits per heavy atom. The molecule has 0 saturated heterocycles. The number of ether oxygens (including phenoxy) is 1. The van der Waals surface area contributed by atoms with E-state index in [9.17, 15) is 13.6 Å². The average molecular weight is 350 g/mol. The first-order valence-corrected chi connectivity index (χ1v) is 8.33. The second kappa shape index (κ2) is 7.16. The molecule has 8 heteroatoms. The summed E-state index contributed by atoms with van der Waals surface area (Å²) < 4.78 is 33.4. The average Bonchev–Trinajstić information content (AvgIpc) is 3.02. The van der Waals surface area contributed by atoms with E-state index in [4.69, 9.17) is 4.74 Å². The van der Waals surface area contributed by atoms with E-state index < -0.39 is 17.7 Å². The molecule has 3 rings (SSSR count). The molecule has 2 aromatic rings. The van der Waals surface area contributed by atoms with Crippen LogP contribution in [0.15, 0.2) is 18.2 Å². The zero-order chi connectivity index (χ0) is 18.0. The molecule has 1 aromatic carbocycles. The Morgan fingerprint density at radius 3 is 2.96 bits per heavy atom. The van der Waals surface area contributed by atoms with Crippen LogP contribution in [0.3, 0.4) is 0 Å². The van der Waals surface area contributed by atoms with E-state index >= 15 is 0 Å². The molecule has 2 heterocycles. The van der Waals surface area contributed by atoms with Gasteiger partial charge in [0.2, 0.25) is 0 Å². The van der Waals surface area contributed by atoms with Crippen molar-refractivity contribution in [3.8, 4) is 5.75 Å². The van der Waals surface area contributed by atoms with Crippen LogP contribution >= 0.6 is 0 Å². The quantitative estimate of drug-likeness (QED) is 0.900. The molecule has 0 unspecified atom stereocenters. The van der Waals surface area contributed by atoms with Gasteiger partial charge in [-0.05, 0) is 31.9 Å². The lowest BCUT2D eigenvalue weighted by molar-refractivity contribution is -0.128. The maximum absolute atomic E-state index is 13.2. The van der Waals surface area contributed by atoms with Crippen molar-refractivity contribution in [3.63, 3.8) is 0 Å². The highest BCUT2D eigenvalue weighted by molar-refractivity contribution is 5.81. The van der Waals surface area contributed by atoms with Crippen LogP contribution in [0.25, 0.3) is 0 Å². The summed E-state index contributed by atoms with van der Waals surface area (Å²) in [5.41, 5.74) is 0. The number of benzene rings is 1. The van der Waals surface area contributed by atoms with E-state index in [1.54, 1.807) is 6.92 Å². The van der Waals surface area contributed by atoms with Crippen molar-refractivity contribution < 1.29 is 18.3 Å². The highest BCUT2D eigenvalue weighted by Crippen LogP contribution is 2.24. The molecule has 25 heavy (non-hydrogen) atoms. The second-order valence-electron chi connectivity index (χ2n) is 6.00. The fourth-order valence-corrected chi connectivity index (χ4v) is 2.78. The number of amides is 1. The molecule has 1 N–H and O–H groups in total. The third kappa shape index (κ3) is 3.78. The van der Waals surface area contributed by atoms with Gasteiger partial charge >= 0.3 is 0 Å². The molecule has 0 saturated carbocycles. The third-order valence-electron chi connectivity index (χ3n) is 4.12. The minimum absolute atomic E-state index is 0.0987. The minimum Gasteiger partial charge on any atom is -0.481 e. The van der Waals surface area contributed by atoms with Gasteiger partial charge in [-0.1, -0.05) is 6.92 Å². The fraction of sp³-hybridized carbons (Fsp3) is 0.471. The first-order valence-electron chi connectivity index (χ1n) is 8.33. The number of carbonyl (C=O) groups excluding carboxylic acids is 1. The van der Waals surface area contributed by atoms with Crippen molar-refractivity contribution in [2.45, 2.75) is 51.8 Å². The van der Waals surface area contributed by atoms with Crippen molar-refractivity contribution in [1.82, 2.24) is 20.1 Å². The van der Waals surface area contributed by atoms with E-state index in [1.165, 1.54) is 6.07 Å². The lowest BCUT2D eigenvalue weighted by Crippen LogP contribution is -2.40. The van der Waals surface area contributed by atoms with Crippen molar-refractivity contribution in [2.75, 3.05) is 0 Å². The predicted octanol–water partition coefficient (Wildman–Crippen LogP) is 2.54. The van der Waals surface area contributed by atoms with Gasteiger partial charge in [-0.15, -0.1) is 0 Å². The maximum atomic E-state index is 13.2. The Bertz CT molecular complexity index is 778. The maximum Gasteiger partial charge on any atom is 0.261 e. The van der Waals surface area contributed by atoms with E-state index in [0.29, 0.717) is 0 Å². The van der Waals surface area contributed by atoms with Crippen molar-refractivity contribution in [1.29, 1.82) is 0 Å². The molecule has 134 valence electrons. The first kappa shape index (κ1) is 17.3. The van der Waals surface area contributed by atoms with Gasteiger partial charge in [0.25, 0.3) is 5.91 Å². The van der Waals surface area contributed by atoms with E-state index in [2.05, 4.69) is 15.4 Å². The van der Waals surface area contributed by atoms with Crippen molar-refractivity contribution >= 4 is 5.91 Å². The number of nitrogens with zero attached hydrogens (tertiary/aromatic N) is 3. The molecule has 0 fully saturated rings. The SMILES string of the molecule is CCc1nc2n(n1)CCC[C@H]2NC(=O)[C@@H](C)Oc1ccc(F)c(F)c1. The monoisotopic (exact) mass is 350 g/mol. The van der Waals surface area contributed by atoms with Gasteiger partial charge in [-0.2, -0.15) is 5.10 Å². The van der Waals surface area contributed by atoms with E-state index in [1.807, 2.05) is 11.6 Å². The minimum atomic E-state index is -1.02. The summed E-state index contributed by atoms with van der Waals surface area (Å²) in [5, 5.41) is 7.31. The number of nitrogens with one attached hydrogen (secondary N) is 1. The molecule has 1 amide bonds. The van der Waals surface area contributed by atoms with Gasteiger partial charge in [-0.25, -0.2) is 18.4 Å². The summed E-state index contributed by atoms with van der Waals surface area (Å²) in [6, 6.07) is 2.94. The summed E-state index contributed by atoms with van der Waals surface area (Å²) in [6.45, 7) is 4.32. The molecule has 0 aliphatic carbocycles.